The van der Waals surface area contributed by atoms with Gasteiger partial charge in [0, 0.05) is 0 Å². The quantitative estimate of drug-likeness (QED) is 0.381. The molecule has 3 aromatic rings. The fourth-order valence-corrected chi connectivity index (χ4v) is 2.44. The third-order valence-electron chi connectivity index (χ3n) is 3.81. The van der Waals surface area contributed by atoms with Gasteiger partial charge in [0.25, 0.3) is 0 Å². The van der Waals surface area contributed by atoms with E-state index in [0.717, 1.165) is 12.1 Å². The molecule has 0 saturated carbocycles. The molecular weight excluding hydrogens is 390 g/mol. The third kappa shape index (κ3) is 3.73. The van der Waals surface area contributed by atoms with Crippen LogP contribution >= 0.6 is 0 Å². The lowest BCUT2D eigenvalue weighted by Crippen LogP contribution is -2.07. The lowest BCUT2D eigenvalue weighted by molar-refractivity contribution is -0.138. The van der Waals surface area contributed by atoms with Crippen LogP contribution in [-0.4, -0.2) is 6.29 Å². The van der Waals surface area contributed by atoms with E-state index in [4.69, 9.17) is 9.15 Å². The summed E-state index contributed by atoms with van der Waals surface area (Å²) in [5.41, 5.74) is -1.55. The molecule has 3 nitrogen and oxygen atoms in total. The van der Waals surface area contributed by atoms with Crippen molar-refractivity contribution in [2.24, 2.45) is 0 Å². The molecule has 0 aliphatic carbocycles. The van der Waals surface area contributed by atoms with Crippen molar-refractivity contribution in [1.29, 1.82) is 0 Å². The van der Waals surface area contributed by atoms with Crippen molar-refractivity contribution in [1.82, 2.24) is 0 Å². The Hall–Kier alpha value is -3.23. The first-order valence-electron chi connectivity index (χ1n) is 7.69. The minimum atomic E-state index is -4.94. The van der Waals surface area contributed by atoms with Crippen molar-refractivity contribution in [3.63, 3.8) is 0 Å². The Labute approximate surface area is 154 Å². The van der Waals surface area contributed by atoms with Crippen molar-refractivity contribution >= 4 is 6.29 Å². The molecule has 9 heteroatoms. The van der Waals surface area contributed by atoms with Crippen LogP contribution in [0.4, 0.5) is 26.3 Å². The van der Waals surface area contributed by atoms with Crippen LogP contribution in [-0.2, 0) is 6.18 Å². The lowest BCUT2D eigenvalue weighted by atomic mass is 10.1. The number of carbonyl (C=O) groups excluding carboxylic acids is 1. The second-order valence-corrected chi connectivity index (χ2v) is 5.79. The van der Waals surface area contributed by atoms with E-state index in [1.54, 1.807) is 0 Å². The van der Waals surface area contributed by atoms with Gasteiger partial charge >= 0.3 is 6.18 Å². The van der Waals surface area contributed by atoms with E-state index in [2.05, 4.69) is 0 Å². The minimum Gasteiger partial charge on any atom is -0.453 e. The Morgan fingerprint density at radius 1 is 0.964 bits per heavy atom. The summed E-state index contributed by atoms with van der Waals surface area (Å²) >= 11 is 0. The molecule has 28 heavy (non-hydrogen) atoms. The summed E-state index contributed by atoms with van der Waals surface area (Å²) in [6, 6.07) is 4.85. The molecule has 0 unspecified atom stereocenters. The summed E-state index contributed by atoms with van der Waals surface area (Å²) in [6.45, 7) is 1.38. The van der Waals surface area contributed by atoms with Crippen LogP contribution in [0, 0.1) is 24.4 Å². The Kier molecular flexibility index (Phi) is 4.93. The summed E-state index contributed by atoms with van der Waals surface area (Å²) in [5.74, 6) is -5.29. The number of halogens is 6. The summed E-state index contributed by atoms with van der Waals surface area (Å²) < 4.78 is 90.4. The van der Waals surface area contributed by atoms with Crippen molar-refractivity contribution in [3.8, 4) is 22.8 Å². The zero-order valence-corrected chi connectivity index (χ0v) is 14.0. The van der Waals surface area contributed by atoms with Gasteiger partial charge in [0.1, 0.15) is 17.3 Å². The smallest absolute Gasteiger partial charge is 0.416 e. The van der Waals surface area contributed by atoms with Crippen molar-refractivity contribution in [2.45, 2.75) is 13.1 Å². The van der Waals surface area contributed by atoms with E-state index in [0.29, 0.717) is 6.29 Å². The average Bonchev–Trinajstić information content (AvgIpc) is 3.07. The van der Waals surface area contributed by atoms with Gasteiger partial charge in [-0.3, -0.25) is 4.79 Å². The Morgan fingerprint density at radius 3 is 2.14 bits per heavy atom. The molecule has 0 spiro atoms. The fourth-order valence-electron chi connectivity index (χ4n) is 2.44. The normalized spacial score (nSPS) is 11.5. The van der Waals surface area contributed by atoms with E-state index in [1.807, 2.05) is 0 Å². The van der Waals surface area contributed by atoms with E-state index < -0.39 is 34.9 Å². The standard InChI is InChI=1S/C19H10F6O3/c1-9-4-13(20)12(16-3-2-11(8-26)27-16)7-17(9)28-18-14(21)5-10(6-15(18)22)19(23,24)25/h2-8H,1H3. The number of hydrogen-bond acceptors (Lipinski definition) is 3. The van der Waals surface area contributed by atoms with E-state index >= 15 is 0 Å². The SMILES string of the molecule is Cc1cc(F)c(-c2ccc(C=O)o2)cc1Oc1c(F)cc(C(F)(F)F)cc1F. The van der Waals surface area contributed by atoms with Gasteiger partial charge in [0.05, 0.1) is 11.1 Å². The van der Waals surface area contributed by atoms with Gasteiger partial charge in [-0.05, 0) is 48.9 Å². The number of aldehydes is 1. The topological polar surface area (TPSA) is 39.4 Å². The van der Waals surface area contributed by atoms with Gasteiger partial charge in [-0.25, -0.2) is 13.2 Å². The second-order valence-electron chi connectivity index (χ2n) is 5.79. The molecule has 0 saturated heterocycles. The summed E-state index contributed by atoms with van der Waals surface area (Å²) in [7, 11) is 0. The monoisotopic (exact) mass is 400 g/mol. The first-order valence-corrected chi connectivity index (χ1v) is 7.69. The van der Waals surface area contributed by atoms with Gasteiger partial charge in [0.15, 0.2) is 29.4 Å². The summed E-state index contributed by atoms with van der Waals surface area (Å²) in [4.78, 5) is 10.7. The number of aryl methyl sites for hydroxylation is 1. The van der Waals surface area contributed by atoms with E-state index in [1.165, 1.54) is 19.1 Å². The predicted octanol–water partition coefficient (Wildman–Crippen LogP) is 6.30. The summed E-state index contributed by atoms with van der Waals surface area (Å²) in [5, 5.41) is 0. The highest BCUT2D eigenvalue weighted by Gasteiger charge is 2.33. The molecule has 0 N–H and O–H groups in total. The predicted molar refractivity (Wildman–Crippen MR) is 85.7 cm³/mol. The maximum absolute atomic E-state index is 14.2. The molecule has 2 aromatic carbocycles. The number of furan rings is 1. The maximum Gasteiger partial charge on any atom is 0.416 e. The Morgan fingerprint density at radius 2 is 1.61 bits per heavy atom. The van der Waals surface area contributed by atoms with Crippen LogP contribution in [0.1, 0.15) is 21.7 Å². The van der Waals surface area contributed by atoms with Crippen molar-refractivity contribution in [2.75, 3.05) is 0 Å². The molecular formula is C19H10F6O3. The molecule has 0 bridgehead atoms. The molecule has 1 aromatic heterocycles. The summed E-state index contributed by atoms with van der Waals surface area (Å²) in [6.07, 6.45) is -4.53. The molecule has 0 radical (unpaired) electrons. The first-order chi connectivity index (χ1) is 13.1. The lowest BCUT2D eigenvalue weighted by Gasteiger charge is -2.14. The maximum atomic E-state index is 14.2. The number of hydrogen-bond donors (Lipinski definition) is 0. The Bertz CT molecular complexity index is 1030. The van der Waals surface area contributed by atoms with Crippen LogP contribution in [0.2, 0.25) is 0 Å². The highest BCUT2D eigenvalue weighted by Crippen LogP contribution is 2.38. The molecule has 1 heterocycles. The second kappa shape index (κ2) is 7.06. The molecule has 0 aliphatic rings. The van der Waals surface area contributed by atoms with Gasteiger partial charge in [0.2, 0.25) is 0 Å². The number of alkyl halides is 3. The van der Waals surface area contributed by atoms with E-state index in [9.17, 15) is 31.1 Å². The molecule has 0 atom stereocenters. The Balaban J connectivity index is 2.03. The number of benzene rings is 2. The van der Waals surface area contributed by atoms with Crippen LogP contribution < -0.4 is 4.74 Å². The third-order valence-corrected chi connectivity index (χ3v) is 3.81. The number of carbonyl (C=O) groups is 1. The van der Waals surface area contributed by atoms with E-state index in [-0.39, 0.29) is 40.5 Å². The zero-order valence-electron chi connectivity index (χ0n) is 14.0. The van der Waals surface area contributed by atoms with Gasteiger partial charge in [-0.15, -0.1) is 0 Å². The van der Waals surface area contributed by atoms with Crippen molar-refractivity contribution in [3.05, 3.63) is 70.7 Å². The fraction of sp³-hybridized carbons (Fsp3) is 0.105. The molecule has 0 amide bonds. The highest BCUT2D eigenvalue weighted by atomic mass is 19.4. The zero-order chi connectivity index (χ0) is 20.6. The van der Waals surface area contributed by atoms with Crippen molar-refractivity contribution < 1.29 is 40.3 Å². The van der Waals surface area contributed by atoms with Gasteiger partial charge in [-0.1, -0.05) is 0 Å². The van der Waals surface area contributed by atoms with Crippen LogP contribution in [0.15, 0.2) is 40.8 Å². The molecule has 0 fully saturated rings. The molecule has 3 rings (SSSR count). The number of ether oxygens (including phenoxy) is 1. The van der Waals surface area contributed by atoms with Crippen LogP contribution in [0.5, 0.6) is 11.5 Å². The first kappa shape index (κ1) is 19.5. The largest absolute Gasteiger partial charge is 0.453 e. The molecule has 0 aliphatic heterocycles. The highest BCUT2D eigenvalue weighted by molar-refractivity contribution is 5.73. The van der Waals surface area contributed by atoms with Gasteiger partial charge in [-0.2, -0.15) is 13.2 Å². The minimum absolute atomic E-state index is 0.0437. The molecule has 146 valence electrons. The van der Waals surface area contributed by atoms with Crippen LogP contribution in [0.3, 0.4) is 0 Å². The van der Waals surface area contributed by atoms with Crippen LogP contribution in [0.25, 0.3) is 11.3 Å². The van der Waals surface area contributed by atoms with Gasteiger partial charge < -0.3 is 9.15 Å². The number of rotatable bonds is 4. The average molecular weight is 400 g/mol.